The average molecular weight is 280 g/mol. The molecule has 5 nitrogen and oxygen atoms in total. The van der Waals surface area contributed by atoms with Crippen LogP contribution in [0.4, 0.5) is 0 Å². The number of aryl methyl sites for hydroxylation is 2. The van der Waals surface area contributed by atoms with Crippen molar-refractivity contribution in [3.63, 3.8) is 0 Å². The van der Waals surface area contributed by atoms with Crippen molar-refractivity contribution in [1.82, 2.24) is 19.7 Å². The Bertz CT molecular complexity index is 807. The molecule has 0 saturated carbocycles. The molecule has 1 aromatic carbocycles. The highest BCUT2D eigenvalue weighted by Crippen LogP contribution is 2.14. The van der Waals surface area contributed by atoms with Crippen LogP contribution >= 0.6 is 0 Å². The predicted octanol–water partition coefficient (Wildman–Crippen LogP) is 2.35. The van der Waals surface area contributed by atoms with Gasteiger partial charge in [-0.2, -0.15) is 5.10 Å². The Morgan fingerprint density at radius 3 is 2.62 bits per heavy atom. The van der Waals surface area contributed by atoms with E-state index in [4.69, 9.17) is 0 Å². The SMILES string of the molecule is CCc1cc(CC(=O)c2ccc3nccnc3c2)n(C)n1. The minimum atomic E-state index is 0.0632. The maximum absolute atomic E-state index is 12.4. The Morgan fingerprint density at radius 2 is 1.90 bits per heavy atom. The van der Waals surface area contributed by atoms with Crippen LogP contribution in [-0.2, 0) is 19.9 Å². The number of hydrogen-bond donors (Lipinski definition) is 0. The van der Waals surface area contributed by atoms with Crippen molar-refractivity contribution in [2.45, 2.75) is 19.8 Å². The van der Waals surface area contributed by atoms with Crippen molar-refractivity contribution >= 4 is 16.8 Å². The molecular formula is C16H16N4O. The van der Waals surface area contributed by atoms with Gasteiger partial charge in [-0.15, -0.1) is 0 Å². The van der Waals surface area contributed by atoms with E-state index in [1.165, 1.54) is 0 Å². The lowest BCUT2D eigenvalue weighted by Crippen LogP contribution is -2.08. The molecule has 3 aromatic rings. The molecule has 0 unspecified atom stereocenters. The molecule has 0 fully saturated rings. The number of aromatic nitrogens is 4. The minimum Gasteiger partial charge on any atom is -0.294 e. The smallest absolute Gasteiger partial charge is 0.168 e. The number of nitrogens with zero attached hydrogens (tertiary/aromatic N) is 4. The summed E-state index contributed by atoms with van der Waals surface area (Å²) in [5, 5.41) is 4.37. The highest BCUT2D eigenvalue weighted by molar-refractivity contribution is 5.99. The van der Waals surface area contributed by atoms with Gasteiger partial charge in [0.15, 0.2) is 5.78 Å². The van der Waals surface area contributed by atoms with Crippen LogP contribution in [0.1, 0.15) is 28.7 Å². The predicted molar refractivity (Wildman–Crippen MR) is 80.2 cm³/mol. The van der Waals surface area contributed by atoms with Gasteiger partial charge >= 0.3 is 0 Å². The number of fused-ring (bicyclic) bond motifs is 1. The van der Waals surface area contributed by atoms with Gasteiger partial charge in [-0.3, -0.25) is 19.4 Å². The molecule has 0 N–H and O–H groups in total. The fraction of sp³-hybridized carbons (Fsp3) is 0.250. The van der Waals surface area contributed by atoms with Gasteiger partial charge in [0.25, 0.3) is 0 Å². The molecule has 2 aromatic heterocycles. The van der Waals surface area contributed by atoms with E-state index in [0.29, 0.717) is 12.0 Å². The second-order valence-corrected chi connectivity index (χ2v) is 4.96. The first kappa shape index (κ1) is 13.4. The van der Waals surface area contributed by atoms with Crippen LogP contribution in [0.15, 0.2) is 36.7 Å². The Labute approximate surface area is 122 Å². The molecule has 0 aliphatic rings. The van der Waals surface area contributed by atoms with Gasteiger partial charge in [0.2, 0.25) is 0 Å². The Kier molecular flexibility index (Phi) is 3.48. The van der Waals surface area contributed by atoms with Crippen LogP contribution in [0.2, 0.25) is 0 Å². The molecule has 0 bridgehead atoms. The van der Waals surface area contributed by atoms with Crippen molar-refractivity contribution in [3.8, 4) is 0 Å². The van der Waals surface area contributed by atoms with Crippen LogP contribution in [0, 0.1) is 0 Å². The van der Waals surface area contributed by atoms with E-state index in [9.17, 15) is 4.79 Å². The van der Waals surface area contributed by atoms with Gasteiger partial charge in [0.1, 0.15) is 0 Å². The number of carbonyl (C=O) groups excluding carboxylic acids is 1. The fourth-order valence-electron chi connectivity index (χ4n) is 2.31. The number of rotatable bonds is 4. The first-order chi connectivity index (χ1) is 10.2. The molecule has 2 heterocycles. The van der Waals surface area contributed by atoms with E-state index in [1.807, 2.05) is 19.2 Å². The maximum Gasteiger partial charge on any atom is 0.168 e. The van der Waals surface area contributed by atoms with Crippen molar-refractivity contribution < 1.29 is 4.79 Å². The van der Waals surface area contributed by atoms with Gasteiger partial charge in [0, 0.05) is 30.7 Å². The first-order valence-electron chi connectivity index (χ1n) is 6.93. The standard InChI is InChI=1S/C16H16N4O/c1-3-12-9-13(20(2)19-12)10-16(21)11-4-5-14-15(8-11)18-7-6-17-14/h4-9H,3,10H2,1-2H3. The maximum atomic E-state index is 12.4. The van der Waals surface area contributed by atoms with Crippen LogP contribution in [-0.4, -0.2) is 25.5 Å². The minimum absolute atomic E-state index is 0.0632. The number of carbonyl (C=O) groups is 1. The van der Waals surface area contributed by atoms with Crippen LogP contribution < -0.4 is 0 Å². The molecule has 0 aliphatic carbocycles. The summed E-state index contributed by atoms with van der Waals surface area (Å²) >= 11 is 0. The van der Waals surface area contributed by atoms with Gasteiger partial charge in [-0.25, -0.2) is 0 Å². The quantitative estimate of drug-likeness (QED) is 0.688. The molecular weight excluding hydrogens is 264 g/mol. The van der Waals surface area contributed by atoms with Gasteiger partial charge in [0.05, 0.1) is 23.1 Å². The monoisotopic (exact) mass is 280 g/mol. The summed E-state index contributed by atoms with van der Waals surface area (Å²) in [7, 11) is 1.87. The molecule has 3 rings (SSSR count). The summed E-state index contributed by atoms with van der Waals surface area (Å²) in [6.07, 6.45) is 4.49. The molecule has 0 spiro atoms. The number of ketones is 1. The summed E-state index contributed by atoms with van der Waals surface area (Å²) in [4.78, 5) is 20.9. The largest absolute Gasteiger partial charge is 0.294 e. The van der Waals surface area contributed by atoms with Crippen molar-refractivity contribution in [3.05, 3.63) is 53.6 Å². The van der Waals surface area contributed by atoms with E-state index in [-0.39, 0.29) is 5.78 Å². The third kappa shape index (κ3) is 2.67. The highest BCUT2D eigenvalue weighted by Gasteiger charge is 2.12. The summed E-state index contributed by atoms with van der Waals surface area (Å²) in [6, 6.07) is 7.41. The van der Waals surface area contributed by atoms with Gasteiger partial charge < -0.3 is 0 Å². The van der Waals surface area contributed by atoms with E-state index >= 15 is 0 Å². The number of Topliss-reactive ketones (excluding diaryl/α,β-unsaturated/α-hetero) is 1. The van der Waals surface area contributed by atoms with E-state index in [2.05, 4.69) is 22.0 Å². The summed E-state index contributed by atoms with van der Waals surface area (Å²) < 4.78 is 1.78. The van der Waals surface area contributed by atoms with E-state index in [0.717, 1.165) is 28.8 Å². The molecule has 0 amide bonds. The second kappa shape index (κ2) is 5.44. The second-order valence-electron chi connectivity index (χ2n) is 4.96. The molecule has 0 saturated heterocycles. The first-order valence-corrected chi connectivity index (χ1v) is 6.93. The lowest BCUT2D eigenvalue weighted by Gasteiger charge is -2.03. The van der Waals surface area contributed by atoms with E-state index in [1.54, 1.807) is 29.2 Å². The summed E-state index contributed by atoms with van der Waals surface area (Å²) in [6.45, 7) is 2.05. The lowest BCUT2D eigenvalue weighted by atomic mass is 10.1. The zero-order chi connectivity index (χ0) is 14.8. The normalized spacial score (nSPS) is 11.0. The fourth-order valence-corrected chi connectivity index (χ4v) is 2.31. The van der Waals surface area contributed by atoms with Gasteiger partial charge in [-0.1, -0.05) is 6.92 Å². The molecule has 5 heteroatoms. The van der Waals surface area contributed by atoms with E-state index < -0.39 is 0 Å². The number of benzene rings is 1. The van der Waals surface area contributed by atoms with Crippen LogP contribution in [0.25, 0.3) is 11.0 Å². The van der Waals surface area contributed by atoms with Crippen molar-refractivity contribution in [2.24, 2.45) is 7.05 Å². The Morgan fingerprint density at radius 1 is 1.14 bits per heavy atom. The average Bonchev–Trinajstić information content (AvgIpc) is 2.87. The molecule has 106 valence electrons. The van der Waals surface area contributed by atoms with Crippen molar-refractivity contribution in [1.29, 1.82) is 0 Å². The Hall–Kier alpha value is -2.56. The molecule has 21 heavy (non-hydrogen) atoms. The highest BCUT2D eigenvalue weighted by atomic mass is 16.1. The number of hydrogen-bond acceptors (Lipinski definition) is 4. The zero-order valence-electron chi connectivity index (χ0n) is 12.1. The van der Waals surface area contributed by atoms with Gasteiger partial charge in [-0.05, 0) is 30.7 Å². The zero-order valence-corrected chi connectivity index (χ0v) is 12.1. The lowest BCUT2D eigenvalue weighted by molar-refractivity contribution is 0.0991. The van der Waals surface area contributed by atoms with Crippen LogP contribution in [0.3, 0.4) is 0 Å². The molecule has 0 radical (unpaired) electrons. The third-order valence-corrected chi connectivity index (χ3v) is 3.52. The summed E-state index contributed by atoms with van der Waals surface area (Å²) in [5.74, 6) is 0.0632. The molecule has 0 aliphatic heterocycles. The third-order valence-electron chi connectivity index (χ3n) is 3.52. The van der Waals surface area contributed by atoms with Crippen molar-refractivity contribution in [2.75, 3.05) is 0 Å². The Balaban J connectivity index is 1.87. The topological polar surface area (TPSA) is 60.7 Å². The summed E-state index contributed by atoms with van der Waals surface area (Å²) in [5.41, 5.74) is 4.12. The molecule has 0 atom stereocenters. The van der Waals surface area contributed by atoms with Crippen LogP contribution in [0.5, 0.6) is 0 Å².